The fraction of sp³-hybridized carbons (Fsp3) is 0.625. The lowest BCUT2D eigenvalue weighted by atomic mass is 9.83. The molecule has 0 heterocycles. The second-order valence-electron chi connectivity index (χ2n) is 6.36. The maximum absolute atomic E-state index is 10.5. The molecule has 0 radical (unpaired) electrons. The van der Waals surface area contributed by atoms with Crippen molar-refractivity contribution in [3.63, 3.8) is 0 Å². The standard InChI is InChI=1S/C16H24O3/c1-16(2,3)15(18-4)14(17)11-6-5-7-13(10-11)19-12-8-9-12/h5-7,10,12,14-15,17H,8-9H2,1-4H3. The molecule has 0 aromatic heterocycles. The number of rotatable bonds is 5. The summed E-state index contributed by atoms with van der Waals surface area (Å²) < 4.78 is 11.2. The Morgan fingerprint density at radius 1 is 1.26 bits per heavy atom. The molecule has 2 atom stereocenters. The zero-order valence-corrected chi connectivity index (χ0v) is 12.2. The Hall–Kier alpha value is -1.06. The van der Waals surface area contributed by atoms with Gasteiger partial charge in [0, 0.05) is 7.11 Å². The zero-order valence-electron chi connectivity index (χ0n) is 12.2. The molecule has 2 unspecified atom stereocenters. The molecule has 0 saturated heterocycles. The summed E-state index contributed by atoms with van der Waals surface area (Å²) in [5.41, 5.74) is 0.724. The van der Waals surface area contributed by atoms with Crippen LogP contribution in [0.15, 0.2) is 24.3 Å². The normalized spacial score (nSPS) is 19.0. The first-order chi connectivity index (χ1) is 8.91. The van der Waals surface area contributed by atoms with Crippen molar-refractivity contribution in [2.45, 2.75) is 51.9 Å². The second-order valence-corrected chi connectivity index (χ2v) is 6.36. The smallest absolute Gasteiger partial charge is 0.120 e. The molecule has 19 heavy (non-hydrogen) atoms. The molecule has 3 nitrogen and oxygen atoms in total. The largest absolute Gasteiger partial charge is 0.490 e. The number of hydrogen-bond donors (Lipinski definition) is 1. The quantitative estimate of drug-likeness (QED) is 0.886. The van der Waals surface area contributed by atoms with Gasteiger partial charge in [-0.15, -0.1) is 0 Å². The summed E-state index contributed by atoms with van der Waals surface area (Å²) in [5, 5.41) is 10.5. The van der Waals surface area contributed by atoms with Crippen LogP contribution in [0.1, 0.15) is 45.3 Å². The van der Waals surface area contributed by atoms with Gasteiger partial charge in [-0.3, -0.25) is 0 Å². The van der Waals surface area contributed by atoms with E-state index in [9.17, 15) is 5.11 Å². The van der Waals surface area contributed by atoms with Gasteiger partial charge in [-0.25, -0.2) is 0 Å². The Morgan fingerprint density at radius 3 is 2.47 bits per heavy atom. The van der Waals surface area contributed by atoms with Gasteiger partial charge >= 0.3 is 0 Å². The third-order valence-corrected chi connectivity index (χ3v) is 3.42. The molecule has 1 aromatic rings. The first-order valence-corrected chi connectivity index (χ1v) is 6.89. The molecule has 1 aliphatic rings. The van der Waals surface area contributed by atoms with Gasteiger partial charge in [-0.2, -0.15) is 0 Å². The van der Waals surface area contributed by atoms with Crippen LogP contribution < -0.4 is 4.74 Å². The fourth-order valence-corrected chi connectivity index (χ4v) is 2.28. The second kappa shape index (κ2) is 5.51. The number of methoxy groups -OCH3 is 1. The van der Waals surface area contributed by atoms with Crippen molar-refractivity contribution < 1.29 is 14.6 Å². The molecule has 1 aromatic carbocycles. The molecule has 106 valence electrons. The predicted octanol–water partition coefficient (Wildman–Crippen LogP) is 3.32. The van der Waals surface area contributed by atoms with Crippen molar-refractivity contribution in [2.24, 2.45) is 5.41 Å². The summed E-state index contributed by atoms with van der Waals surface area (Å²) >= 11 is 0. The van der Waals surface area contributed by atoms with Gasteiger partial charge in [-0.05, 0) is 36.0 Å². The van der Waals surface area contributed by atoms with E-state index in [2.05, 4.69) is 20.8 Å². The number of aliphatic hydroxyl groups excluding tert-OH is 1. The van der Waals surface area contributed by atoms with Crippen LogP contribution in [0, 0.1) is 5.41 Å². The monoisotopic (exact) mass is 264 g/mol. The third-order valence-electron chi connectivity index (χ3n) is 3.42. The van der Waals surface area contributed by atoms with Crippen molar-refractivity contribution in [3.8, 4) is 5.75 Å². The minimum atomic E-state index is -0.646. The Kier molecular flexibility index (Phi) is 4.16. The summed E-state index contributed by atoms with van der Waals surface area (Å²) in [6.45, 7) is 6.19. The SMILES string of the molecule is COC(C(O)c1cccc(OC2CC2)c1)C(C)(C)C. The maximum atomic E-state index is 10.5. The van der Waals surface area contributed by atoms with Gasteiger partial charge in [0.2, 0.25) is 0 Å². The average Bonchev–Trinajstić information content (AvgIpc) is 3.12. The van der Waals surface area contributed by atoms with Gasteiger partial charge in [0.1, 0.15) is 11.9 Å². The highest BCUT2D eigenvalue weighted by molar-refractivity contribution is 5.31. The number of benzene rings is 1. The molecule has 1 saturated carbocycles. The molecule has 2 rings (SSSR count). The lowest BCUT2D eigenvalue weighted by Gasteiger charge is -2.33. The Bertz CT molecular complexity index is 418. The topological polar surface area (TPSA) is 38.7 Å². The summed E-state index contributed by atoms with van der Waals surface area (Å²) in [7, 11) is 1.64. The van der Waals surface area contributed by atoms with E-state index in [0.717, 1.165) is 24.2 Å². The summed E-state index contributed by atoms with van der Waals surface area (Å²) in [5.74, 6) is 0.836. The highest BCUT2D eigenvalue weighted by atomic mass is 16.5. The van der Waals surface area contributed by atoms with Crippen LogP contribution in [0.5, 0.6) is 5.75 Å². The Morgan fingerprint density at radius 2 is 1.95 bits per heavy atom. The molecule has 0 bridgehead atoms. The molecule has 3 heteroatoms. The van der Waals surface area contributed by atoms with Crippen molar-refractivity contribution in [2.75, 3.05) is 7.11 Å². The lowest BCUT2D eigenvalue weighted by molar-refractivity contribution is -0.0724. The van der Waals surface area contributed by atoms with E-state index in [1.165, 1.54) is 0 Å². The Labute approximate surface area is 115 Å². The van der Waals surface area contributed by atoms with Crippen molar-refractivity contribution >= 4 is 0 Å². The summed E-state index contributed by atoms with van der Waals surface area (Å²) in [6.07, 6.45) is 1.75. The van der Waals surface area contributed by atoms with E-state index in [4.69, 9.17) is 9.47 Å². The van der Waals surface area contributed by atoms with Crippen LogP contribution in [-0.4, -0.2) is 24.4 Å². The molecular weight excluding hydrogens is 240 g/mol. The van der Waals surface area contributed by atoms with Crippen molar-refractivity contribution in [3.05, 3.63) is 29.8 Å². The maximum Gasteiger partial charge on any atom is 0.120 e. The summed E-state index contributed by atoms with van der Waals surface area (Å²) in [6, 6.07) is 7.70. The number of aliphatic hydroxyl groups is 1. The minimum absolute atomic E-state index is 0.123. The Balaban J connectivity index is 2.14. The van der Waals surface area contributed by atoms with Gasteiger partial charge in [-0.1, -0.05) is 32.9 Å². The predicted molar refractivity (Wildman–Crippen MR) is 75.3 cm³/mol. The lowest BCUT2D eigenvalue weighted by Crippen LogP contribution is -2.34. The van der Waals surface area contributed by atoms with E-state index in [1.54, 1.807) is 7.11 Å². The van der Waals surface area contributed by atoms with E-state index < -0.39 is 6.10 Å². The molecule has 1 aliphatic carbocycles. The van der Waals surface area contributed by atoms with E-state index in [0.29, 0.717) is 6.10 Å². The highest BCUT2D eigenvalue weighted by Crippen LogP contribution is 2.34. The molecular formula is C16H24O3. The van der Waals surface area contributed by atoms with E-state index in [1.807, 2.05) is 24.3 Å². The minimum Gasteiger partial charge on any atom is -0.490 e. The molecule has 1 N–H and O–H groups in total. The van der Waals surface area contributed by atoms with Crippen LogP contribution >= 0.6 is 0 Å². The zero-order chi connectivity index (χ0) is 14.0. The van der Waals surface area contributed by atoms with Gasteiger partial charge in [0.25, 0.3) is 0 Å². The highest BCUT2D eigenvalue weighted by Gasteiger charge is 2.32. The fourth-order valence-electron chi connectivity index (χ4n) is 2.28. The van der Waals surface area contributed by atoms with Crippen LogP contribution in [0.2, 0.25) is 0 Å². The number of ether oxygens (including phenoxy) is 2. The van der Waals surface area contributed by atoms with E-state index >= 15 is 0 Å². The van der Waals surface area contributed by atoms with Gasteiger partial charge in [0.05, 0.1) is 12.2 Å². The number of hydrogen-bond acceptors (Lipinski definition) is 3. The van der Waals surface area contributed by atoms with Gasteiger partial charge < -0.3 is 14.6 Å². The summed E-state index contributed by atoms with van der Waals surface area (Å²) in [4.78, 5) is 0. The molecule has 0 spiro atoms. The van der Waals surface area contributed by atoms with Gasteiger partial charge in [0.15, 0.2) is 0 Å². The average molecular weight is 264 g/mol. The molecule has 0 amide bonds. The molecule has 0 aliphatic heterocycles. The first kappa shape index (κ1) is 14.4. The third kappa shape index (κ3) is 3.71. The van der Waals surface area contributed by atoms with Crippen LogP contribution in [-0.2, 0) is 4.74 Å². The molecule has 1 fully saturated rings. The van der Waals surface area contributed by atoms with Crippen molar-refractivity contribution in [1.29, 1.82) is 0 Å². The van der Waals surface area contributed by atoms with Crippen molar-refractivity contribution in [1.82, 2.24) is 0 Å². The van der Waals surface area contributed by atoms with E-state index in [-0.39, 0.29) is 11.5 Å². The van der Waals surface area contributed by atoms with Crippen LogP contribution in [0.4, 0.5) is 0 Å². The van der Waals surface area contributed by atoms with Crippen LogP contribution in [0.25, 0.3) is 0 Å². The van der Waals surface area contributed by atoms with Crippen LogP contribution in [0.3, 0.4) is 0 Å². The first-order valence-electron chi connectivity index (χ1n) is 6.89.